The van der Waals surface area contributed by atoms with E-state index in [1.165, 1.54) is 5.56 Å². The van der Waals surface area contributed by atoms with Crippen molar-refractivity contribution in [2.24, 2.45) is 5.73 Å². The van der Waals surface area contributed by atoms with Gasteiger partial charge in [-0.15, -0.1) is 0 Å². The summed E-state index contributed by atoms with van der Waals surface area (Å²) in [4.78, 5) is 8.33. The molecule has 0 saturated heterocycles. The Hall–Kier alpha value is -1.98. The van der Waals surface area contributed by atoms with Gasteiger partial charge in [-0.25, -0.2) is 0 Å². The molecule has 0 fully saturated rings. The smallest absolute Gasteiger partial charge is 0.137 e. The van der Waals surface area contributed by atoms with Crippen molar-refractivity contribution in [1.29, 1.82) is 0 Å². The lowest BCUT2D eigenvalue weighted by molar-refractivity contribution is 0.269. The Morgan fingerprint density at radius 2 is 1.72 bits per heavy atom. The van der Waals surface area contributed by atoms with Crippen LogP contribution in [0.3, 0.4) is 0 Å². The number of nitrogens with two attached hydrogens (primary N) is 1. The van der Waals surface area contributed by atoms with E-state index in [9.17, 15) is 0 Å². The zero-order chi connectivity index (χ0) is 18.5. The van der Waals surface area contributed by atoms with Crippen LogP contribution in [0.5, 0.6) is 5.75 Å². The van der Waals surface area contributed by atoms with Gasteiger partial charge in [0, 0.05) is 30.7 Å². The second-order valence-corrected chi connectivity index (χ2v) is 7.97. The molecule has 2 aromatic rings. The summed E-state index contributed by atoms with van der Waals surface area (Å²) < 4.78 is 5.84. The van der Waals surface area contributed by atoms with Crippen LogP contribution in [-0.2, 0) is 11.0 Å². The molecule has 2 aromatic heterocycles. The third kappa shape index (κ3) is 5.80. The van der Waals surface area contributed by atoms with Gasteiger partial charge < -0.3 is 15.8 Å². The van der Waals surface area contributed by atoms with Gasteiger partial charge in [0.2, 0.25) is 0 Å². The van der Waals surface area contributed by atoms with Gasteiger partial charge in [0.1, 0.15) is 12.4 Å². The Morgan fingerprint density at radius 3 is 2.36 bits per heavy atom. The number of hydrogen-bond acceptors (Lipinski definition) is 5. The van der Waals surface area contributed by atoms with Crippen LogP contribution in [-0.4, -0.2) is 29.2 Å². The highest BCUT2D eigenvalue weighted by Gasteiger charge is 2.20. The Kier molecular flexibility index (Phi) is 6.14. The van der Waals surface area contributed by atoms with Crippen LogP contribution in [0, 0.1) is 0 Å². The van der Waals surface area contributed by atoms with Gasteiger partial charge in [-0.1, -0.05) is 20.8 Å². The minimum atomic E-state index is -0.172. The average Bonchev–Trinajstić information content (AvgIpc) is 2.58. The highest BCUT2D eigenvalue weighted by Crippen LogP contribution is 2.24. The van der Waals surface area contributed by atoms with Gasteiger partial charge in [0.15, 0.2) is 0 Å². The van der Waals surface area contributed by atoms with Gasteiger partial charge >= 0.3 is 0 Å². The van der Waals surface area contributed by atoms with Crippen molar-refractivity contribution in [2.45, 2.75) is 51.6 Å². The van der Waals surface area contributed by atoms with Crippen molar-refractivity contribution in [3.8, 4) is 5.75 Å². The first kappa shape index (κ1) is 19.3. The van der Waals surface area contributed by atoms with Crippen molar-refractivity contribution in [3.05, 3.63) is 54.1 Å². The SMILES string of the molecule is CC(C)(C)c1cncc(OC[C@@H](N)CNC(C)(C)c2ccncc2)c1. The van der Waals surface area contributed by atoms with E-state index in [-0.39, 0.29) is 17.0 Å². The highest BCUT2D eigenvalue weighted by atomic mass is 16.5. The molecule has 0 radical (unpaired) electrons. The lowest BCUT2D eigenvalue weighted by atomic mass is 9.88. The monoisotopic (exact) mass is 342 g/mol. The third-order valence-electron chi connectivity index (χ3n) is 4.25. The van der Waals surface area contributed by atoms with Gasteiger partial charge in [0.05, 0.1) is 12.2 Å². The van der Waals surface area contributed by atoms with E-state index in [0.717, 1.165) is 11.3 Å². The van der Waals surface area contributed by atoms with Crippen LogP contribution in [0.25, 0.3) is 0 Å². The summed E-state index contributed by atoms with van der Waals surface area (Å²) in [7, 11) is 0. The standard InChI is InChI=1S/C20H30N4O/c1-19(2,3)16-10-18(13-23-11-16)25-14-17(21)12-24-20(4,5)15-6-8-22-9-7-15/h6-11,13,17,24H,12,14,21H2,1-5H3/t17-/m0/s1. The van der Waals surface area contributed by atoms with Crippen LogP contribution in [0.1, 0.15) is 45.7 Å². The molecule has 0 aromatic carbocycles. The number of nitrogens with zero attached hydrogens (tertiary/aromatic N) is 2. The topological polar surface area (TPSA) is 73.1 Å². The molecule has 0 aliphatic heterocycles. The minimum Gasteiger partial charge on any atom is -0.490 e. The van der Waals surface area contributed by atoms with Crippen molar-refractivity contribution in [1.82, 2.24) is 15.3 Å². The average molecular weight is 342 g/mol. The first-order valence-electron chi connectivity index (χ1n) is 8.68. The van der Waals surface area contributed by atoms with E-state index in [1.807, 2.05) is 24.4 Å². The predicted octanol–water partition coefficient (Wildman–Crippen LogP) is 3.01. The second-order valence-electron chi connectivity index (χ2n) is 7.97. The second kappa shape index (κ2) is 7.93. The summed E-state index contributed by atoms with van der Waals surface area (Å²) in [5.41, 5.74) is 8.41. The Labute approximate surface area is 151 Å². The molecule has 25 heavy (non-hydrogen) atoms. The first-order valence-corrected chi connectivity index (χ1v) is 8.68. The lowest BCUT2D eigenvalue weighted by Crippen LogP contribution is -2.46. The minimum absolute atomic E-state index is 0.0462. The van der Waals surface area contributed by atoms with Crippen LogP contribution in [0.15, 0.2) is 43.0 Å². The van der Waals surface area contributed by atoms with E-state index in [4.69, 9.17) is 10.5 Å². The molecular formula is C20H30N4O. The summed E-state index contributed by atoms with van der Waals surface area (Å²) in [5, 5.41) is 3.50. The normalized spacial score (nSPS) is 13.5. The summed E-state index contributed by atoms with van der Waals surface area (Å²) >= 11 is 0. The van der Waals surface area contributed by atoms with Crippen LogP contribution >= 0.6 is 0 Å². The molecule has 0 amide bonds. The lowest BCUT2D eigenvalue weighted by Gasteiger charge is -2.28. The molecule has 5 heteroatoms. The maximum Gasteiger partial charge on any atom is 0.137 e. The fraction of sp³-hybridized carbons (Fsp3) is 0.500. The predicted molar refractivity (Wildman–Crippen MR) is 102 cm³/mol. The maximum atomic E-state index is 6.21. The summed E-state index contributed by atoms with van der Waals surface area (Å²) in [6, 6.07) is 5.95. The quantitative estimate of drug-likeness (QED) is 0.809. The van der Waals surface area contributed by atoms with E-state index < -0.39 is 0 Å². The Bertz CT molecular complexity index is 665. The molecule has 5 nitrogen and oxygen atoms in total. The number of aromatic nitrogens is 2. The zero-order valence-corrected chi connectivity index (χ0v) is 15.9. The van der Waals surface area contributed by atoms with Crippen molar-refractivity contribution < 1.29 is 4.74 Å². The van der Waals surface area contributed by atoms with Gasteiger partial charge in [0.25, 0.3) is 0 Å². The molecule has 136 valence electrons. The van der Waals surface area contributed by atoms with E-state index in [2.05, 4.69) is 49.9 Å². The molecule has 1 atom stereocenters. The summed E-state index contributed by atoms with van der Waals surface area (Å²) in [6.07, 6.45) is 7.22. The van der Waals surface area contributed by atoms with E-state index in [0.29, 0.717) is 13.2 Å². The molecule has 2 rings (SSSR count). The van der Waals surface area contributed by atoms with E-state index >= 15 is 0 Å². The number of pyridine rings is 2. The first-order chi connectivity index (χ1) is 11.7. The number of hydrogen-bond donors (Lipinski definition) is 2. The van der Waals surface area contributed by atoms with Gasteiger partial charge in [-0.05, 0) is 48.6 Å². The Balaban J connectivity index is 1.86. The fourth-order valence-electron chi connectivity index (χ4n) is 2.43. The Morgan fingerprint density at radius 1 is 1.04 bits per heavy atom. The molecule has 0 unspecified atom stereocenters. The molecule has 3 N–H and O–H groups in total. The van der Waals surface area contributed by atoms with Crippen LogP contribution in [0.4, 0.5) is 0 Å². The molecule has 0 bridgehead atoms. The largest absolute Gasteiger partial charge is 0.490 e. The van der Waals surface area contributed by atoms with Crippen molar-refractivity contribution in [3.63, 3.8) is 0 Å². The van der Waals surface area contributed by atoms with Crippen LogP contribution < -0.4 is 15.8 Å². The summed E-state index contributed by atoms with van der Waals surface area (Å²) in [5.74, 6) is 0.760. The molecule has 0 saturated carbocycles. The van der Waals surface area contributed by atoms with Crippen molar-refractivity contribution >= 4 is 0 Å². The number of ether oxygens (including phenoxy) is 1. The van der Waals surface area contributed by atoms with Gasteiger partial charge in [-0.2, -0.15) is 0 Å². The fourth-order valence-corrected chi connectivity index (χ4v) is 2.43. The van der Waals surface area contributed by atoms with Crippen LogP contribution in [0.2, 0.25) is 0 Å². The third-order valence-corrected chi connectivity index (χ3v) is 4.25. The molecule has 0 spiro atoms. The molecule has 0 aliphatic rings. The summed E-state index contributed by atoms with van der Waals surface area (Å²) in [6.45, 7) is 11.8. The number of rotatable bonds is 7. The number of nitrogens with one attached hydrogen (secondary N) is 1. The van der Waals surface area contributed by atoms with Crippen molar-refractivity contribution in [2.75, 3.05) is 13.2 Å². The molecule has 2 heterocycles. The molecule has 0 aliphatic carbocycles. The maximum absolute atomic E-state index is 6.21. The molecular weight excluding hydrogens is 312 g/mol. The zero-order valence-electron chi connectivity index (χ0n) is 15.9. The van der Waals surface area contributed by atoms with E-state index in [1.54, 1.807) is 18.6 Å². The van der Waals surface area contributed by atoms with Gasteiger partial charge in [-0.3, -0.25) is 9.97 Å². The highest BCUT2D eigenvalue weighted by molar-refractivity contribution is 5.28.